The summed E-state index contributed by atoms with van der Waals surface area (Å²) in [5.74, 6) is -0.765. The average Bonchev–Trinajstić information content (AvgIpc) is 2.45. The molecule has 0 aromatic heterocycles. The lowest BCUT2D eigenvalue weighted by Crippen LogP contribution is -2.13. The zero-order valence-electron chi connectivity index (χ0n) is 10.5. The molecule has 0 atom stereocenters. The Morgan fingerprint density at radius 2 is 2.05 bits per heavy atom. The van der Waals surface area contributed by atoms with Crippen molar-refractivity contribution in [3.63, 3.8) is 0 Å². The largest absolute Gasteiger partial charge is 0.488 e. The van der Waals surface area contributed by atoms with Gasteiger partial charge in [0, 0.05) is 5.56 Å². The third-order valence-corrected chi connectivity index (χ3v) is 2.72. The number of nitrogens with zero attached hydrogens (tertiary/aromatic N) is 1. The molecule has 1 amide bonds. The fraction of sp³-hybridized carbons (Fsp3) is 0.0667. The number of nitrogens with two attached hydrogens (primary N) is 1. The highest BCUT2D eigenvalue weighted by atomic mass is 19.1. The van der Waals surface area contributed by atoms with Gasteiger partial charge in [0.1, 0.15) is 18.2 Å². The zero-order valence-corrected chi connectivity index (χ0v) is 10.5. The molecule has 0 saturated carbocycles. The van der Waals surface area contributed by atoms with Crippen molar-refractivity contribution in [2.45, 2.75) is 6.61 Å². The number of hydrogen-bond donors (Lipinski definition) is 1. The molecule has 0 aliphatic heterocycles. The van der Waals surface area contributed by atoms with E-state index >= 15 is 0 Å². The highest BCUT2D eigenvalue weighted by Crippen LogP contribution is 2.20. The van der Waals surface area contributed by atoms with Gasteiger partial charge in [0.25, 0.3) is 5.91 Å². The van der Waals surface area contributed by atoms with Gasteiger partial charge in [-0.3, -0.25) is 4.79 Å². The van der Waals surface area contributed by atoms with E-state index in [1.54, 1.807) is 18.2 Å². The number of para-hydroxylation sites is 1. The molecule has 2 aromatic carbocycles. The van der Waals surface area contributed by atoms with Gasteiger partial charge in [0.2, 0.25) is 0 Å². The molecule has 0 heterocycles. The van der Waals surface area contributed by atoms with Crippen molar-refractivity contribution in [2.24, 2.45) is 5.73 Å². The topological polar surface area (TPSA) is 76.1 Å². The van der Waals surface area contributed by atoms with Crippen LogP contribution in [0.3, 0.4) is 0 Å². The fourth-order valence-electron chi connectivity index (χ4n) is 1.74. The van der Waals surface area contributed by atoms with Crippen molar-refractivity contribution in [3.05, 3.63) is 65.0 Å². The SMILES string of the molecule is N#Cc1ccc(F)cc1COc1ccccc1C(N)=O. The zero-order chi connectivity index (χ0) is 14.5. The first-order valence-electron chi connectivity index (χ1n) is 5.82. The first-order chi connectivity index (χ1) is 9.61. The second kappa shape index (κ2) is 5.85. The molecule has 2 aromatic rings. The predicted octanol–water partition coefficient (Wildman–Crippen LogP) is 2.38. The molecule has 2 N–H and O–H groups in total. The maximum atomic E-state index is 13.2. The number of halogens is 1. The molecule has 0 fully saturated rings. The van der Waals surface area contributed by atoms with Crippen molar-refractivity contribution in [3.8, 4) is 11.8 Å². The Labute approximate surface area is 115 Å². The van der Waals surface area contributed by atoms with Crippen LogP contribution in [0.5, 0.6) is 5.75 Å². The van der Waals surface area contributed by atoms with Crippen molar-refractivity contribution < 1.29 is 13.9 Å². The minimum absolute atomic E-state index is 0.0229. The molecule has 0 aliphatic rings. The third-order valence-electron chi connectivity index (χ3n) is 2.72. The van der Waals surface area contributed by atoms with E-state index in [2.05, 4.69) is 0 Å². The van der Waals surface area contributed by atoms with Gasteiger partial charge in [0.05, 0.1) is 17.2 Å². The molecular weight excluding hydrogens is 259 g/mol. The summed E-state index contributed by atoms with van der Waals surface area (Å²) in [5.41, 5.74) is 6.20. The Morgan fingerprint density at radius 3 is 2.75 bits per heavy atom. The molecule has 5 heteroatoms. The number of nitriles is 1. The van der Waals surface area contributed by atoms with Crippen LogP contribution < -0.4 is 10.5 Å². The summed E-state index contributed by atoms with van der Waals surface area (Å²) >= 11 is 0. The number of amides is 1. The molecule has 0 aliphatic carbocycles. The molecule has 0 spiro atoms. The summed E-state index contributed by atoms with van der Waals surface area (Å²) in [6, 6.07) is 12.3. The Kier molecular flexibility index (Phi) is 3.96. The Morgan fingerprint density at radius 1 is 1.30 bits per heavy atom. The maximum Gasteiger partial charge on any atom is 0.252 e. The van der Waals surface area contributed by atoms with Crippen LogP contribution in [0.25, 0.3) is 0 Å². The highest BCUT2D eigenvalue weighted by Gasteiger charge is 2.10. The van der Waals surface area contributed by atoms with Gasteiger partial charge in [-0.15, -0.1) is 0 Å². The van der Waals surface area contributed by atoms with Crippen molar-refractivity contribution >= 4 is 5.91 Å². The minimum Gasteiger partial charge on any atom is -0.488 e. The van der Waals surface area contributed by atoms with Gasteiger partial charge < -0.3 is 10.5 Å². The first kappa shape index (κ1) is 13.6. The van der Waals surface area contributed by atoms with E-state index in [0.29, 0.717) is 16.9 Å². The first-order valence-corrected chi connectivity index (χ1v) is 5.82. The van der Waals surface area contributed by atoms with Crippen LogP contribution in [-0.4, -0.2) is 5.91 Å². The van der Waals surface area contributed by atoms with Crippen molar-refractivity contribution in [1.82, 2.24) is 0 Å². The lowest BCUT2D eigenvalue weighted by Gasteiger charge is -2.10. The highest BCUT2D eigenvalue weighted by molar-refractivity contribution is 5.95. The molecule has 0 unspecified atom stereocenters. The van der Waals surface area contributed by atoms with E-state index in [0.717, 1.165) is 0 Å². The number of carbonyl (C=O) groups is 1. The predicted molar refractivity (Wildman–Crippen MR) is 70.4 cm³/mol. The summed E-state index contributed by atoms with van der Waals surface area (Å²) < 4.78 is 18.6. The van der Waals surface area contributed by atoms with Crippen molar-refractivity contribution in [1.29, 1.82) is 5.26 Å². The van der Waals surface area contributed by atoms with Gasteiger partial charge in [-0.25, -0.2) is 4.39 Å². The van der Waals surface area contributed by atoms with E-state index in [4.69, 9.17) is 15.7 Å². The van der Waals surface area contributed by atoms with Crippen LogP contribution in [-0.2, 0) is 6.61 Å². The smallest absolute Gasteiger partial charge is 0.252 e. The summed E-state index contributed by atoms with van der Waals surface area (Å²) in [6.07, 6.45) is 0. The Bertz CT molecular complexity index is 693. The lowest BCUT2D eigenvalue weighted by atomic mass is 10.1. The quantitative estimate of drug-likeness (QED) is 0.926. The number of carbonyl (C=O) groups excluding carboxylic acids is 1. The van der Waals surface area contributed by atoms with E-state index in [9.17, 15) is 9.18 Å². The van der Waals surface area contributed by atoms with Crippen LogP contribution in [0.4, 0.5) is 4.39 Å². The molecule has 4 nitrogen and oxygen atoms in total. The molecule has 100 valence electrons. The number of benzene rings is 2. The summed E-state index contributed by atoms with van der Waals surface area (Å²) in [4.78, 5) is 11.2. The monoisotopic (exact) mass is 270 g/mol. The number of hydrogen-bond acceptors (Lipinski definition) is 3. The van der Waals surface area contributed by atoms with Crippen LogP contribution in [0, 0.1) is 17.1 Å². The van der Waals surface area contributed by atoms with Gasteiger partial charge in [-0.2, -0.15) is 5.26 Å². The second-order valence-corrected chi connectivity index (χ2v) is 4.06. The van der Waals surface area contributed by atoms with Gasteiger partial charge in [-0.1, -0.05) is 12.1 Å². The molecule has 0 saturated heterocycles. The average molecular weight is 270 g/mol. The summed E-state index contributed by atoms with van der Waals surface area (Å²) in [5, 5.41) is 8.95. The number of primary amides is 1. The Balaban J connectivity index is 2.24. The molecule has 0 radical (unpaired) electrons. The van der Waals surface area contributed by atoms with Crippen LogP contribution in [0.1, 0.15) is 21.5 Å². The van der Waals surface area contributed by atoms with E-state index in [-0.39, 0.29) is 12.2 Å². The lowest BCUT2D eigenvalue weighted by molar-refractivity contribution is 0.0996. The van der Waals surface area contributed by atoms with E-state index < -0.39 is 11.7 Å². The van der Waals surface area contributed by atoms with E-state index in [1.807, 2.05) is 6.07 Å². The minimum atomic E-state index is -0.611. The van der Waals surface area contributed by atoms with Crippen LogP contribution >= 0.6 is 0 Å². The summed E-state index contributed by atoms with van der Waals surface area (Å²) in [6.45, 7) is -0.0229. The number of ether oxygens (including phenoxy) is 1. The normalized spacial score (nSPS) is 9.80. The van der Waals surface area contributed by atoms with Crippen LogP contribution in [0.2, 0.25) is 0 Å². The Hall–Kier alpha value is -2.87. The molecular formula is C15H11FN2O2. The van der Waals surface area contributed by atoms with E-state index in [1.165, 1.54) is 24.3 Å². The van der Waals surface area contributed by atoms with Crippen LogP contribution in [0.15, 0.2) is 42.5 Å². The van der Waals surface area contributed by atoms with Gasteiger partial charge in [0.15, 0.2) is 0 Å². The third kappa shape index (κ3) is 2.93. The maximum absolute atomic E-state index is 13.2. The summed E-state index contributed by atoms with van der Waals surface area (Å²) in [7, 11) is 0. The molecule has 0 bridgehead atoms. The molecule has 2 rings (SSSR count). The molecule has 20 heavy (non-hydrogen) atoms. The van der Waals surface area contributed by atoms with Crippen molar-refractivity contribution in [2.75, 3.05) is 0 Å². The second-order valence-electron chi connectivity index (χ2n) is 4.06. The number of rotatable bonds is 4. The van der Waals surface area contributed by atoms with Gasteiger partial charge >= 0.3 is 0 Å². The van der Waals surface area contributed by atoms with Gasteiger partial charge in [-0.05, 0) is 30.3 Å². The standard InChI is InChI=1S/C15H11FN2O2/c16-12-6-5-10(8-17)11(7-12)9-20-14-4-2-1-3-13(14)15(18)19/h1-7H,9H2,(H2,18,19). The fourth-order valence-corrected chi connectivity index (χ4v) is 1.74.